The third-order valence-electron chi connectivity index (χ3n) is 16.0. The van der Waals surface area contributed by atoms with Crippen molar-refractivity contribution < 1.29 is 32.9 Å². The fraction of sp³-hybridized carbons (Fsp3) is 0.955. The van der Waals surface area contributed by atoms with E-state index in [1.807, 2.05) is 21.1 Å². The van der Waals surface area contributed by atoms with Crippen LogP contribution < -0.4 is 5.32 Å². The number of hydrogen-bond acceptors (Lipinski definition) is 5. The Morgan fingerprint density at radius 3 is 1.01 bits per heavy atom. The molecule has 0 rings (SSSR count). The van der Waals surface area contributed by atoms with Gasteiger partial charge in [0, 0.05) is 6.42 Å². The lowest BCUT2D eigenvalue weighted by molar-refractivity contribution is -0.870. The number of phosphoric acid groups is 1. The van der Waals surface area contributed by atoms with Gasteiger partial charge in [0.25, 0.3) is 0 Å². The van der Waals surface area contributed by atoms with E-state index in [-0.39, 0.29) is 19.1 Å². The van der Waals surface area contributed by atoms with Gasteiger partial charge in [-0.15, -0.1) is 0 Å². The minimum atomic E-state index is -4.32. The highest BCUT2D eigenvalue weighted by molar-refractivity contribution is 7.47. The number of likely N-dealkylation sites (N-methyl/N-ethyl adjacent to an activating group) is 1. The molecular weight excluding hydrogens is 960 g/mol. The summed E-state index contributed by atoms with van der Waals surface area (Å²) < 4.78 is 23.8. The normalized spacial score (nSPS) is 13.7. The van der Waals surface area contributed by atoms with E-state index in [4.69, 9.17) is 9.05 Å². The molecule has 0 saturated carbocycles. The molecule has 0 aliphatic rings. The van der Waals surface area contributed by atoms with Crippen molar-refractivity contribution >= 4 is 13.7 Å². The average Bonchev–Trinajstić information content (AvgIpc) is 3.38. The lowest BCUT2D eigenvalue weighted by Crippen LogP contribution is -2.46. The van der Waals surface area contributed by atoms with E-state index < -0.39 is 20.0 Å². The SMILES string of the molecule is CCCCCCCCCCCCCCCCCCCC/C=C\CCCCCCCCCCCCCCCCCCCC(=O)NC(COP(=O)(O)OCC[N+](C)(C)C)C(O)CCCCCCCCCCCCCCCCC. The molecule has 0 aromatic rings. The van der Waals surface area contributed by atoms with Gasteiger partial charge in [0.15, 0.2) is 0 Å². The number of hydrogen-bond donors (Lipinski definition) is 3. The fourth-order valence-corrected chi connectivity index (χ4v) is 11.4. The van der Waals surface area contributed by atoms with Crippen molar-refractivity contribution in [3.05, 3.63) is 12.2 Å². The monoisotopic (exact) mass is 1100 g/mol. The van der Waals surface area contributed by atoms with E-state index in [0.29, 0.717) is 23.9 Å². The van der Waals surface area contributed by atoms with Gasteiger partial charge in [-0.05, 0) is 38.5 Å². The number of nitrogens with zero attached hydrogens (tertiary/aromatic N) is 1. The largest absolute Gasteiger partial charge is 0.472 e. The molecular formula is C67H136N2O6P+. The molecule has 76 heavy (non-hydrogen) atoms. The van der Waals surface area contributed by atoms with E-state index >= 15 is 0 Å². The lowest BCUT2D eigenvalue weighted by Gasteiger charge is -2.26. The predicted octanol–water partition coefficient (Wildman–Crippen LogP) is 21.3. The quantitative estimate of drug-likeness (QED) is 0.0243. The highest BCUT2D eigenvalue weighted by Crippen LogP contribution is 2.43. The van der Waals surface area contributed by atoms with Crippen LogP contribution in [0, 0.1) is 0 Å². The van der Waals surface area contributed by atoms with Crippen molar-refractivity contribution in [2.75, 3.05) is 40.9 Å². The van der Waals surface area contributed by atoms with Crippen LogP contribution in [0.25, 0.3) is 0 Å². The van der Waals surface area contributed by atoms with Crippen molar-refractivity contribution in [1.82, 2.24) is 5.32 Å². The van der Waals surface area contributed by atoms with Crippen LogP contribution in [0.4, 0.5) is 0 Å². The first-order valence-electron chi connectivity index (χ1n) is 34.1. The maximum atomic E-state index is 13.0. The first-order chi connectivity index (χ1) is 37.0. The second-order valence-electron chi connectivity index (χ2n) is 24.9. The molecule has 0 radical (unpaired) electrons. The van der Waals surface area contributed by atoms with Crippen molar-refractivity contribution in [1.29, 1.82) is 0 Å². The van der Waals surface area contributed by atoms with E-state index in [1.54, 1.807) is 0 Å². The number of aliphatic hydroxyl groups excluding tert-OH is 1. The van der Waals surface area contributed by atoms with Crippen molar-refractivity contribution in [3.63, 3.8) is 0 Å². The molecule has 0 saturated heterocycles. The zero-order valence-corrected chi connectivity index (χ0v) is 52.9. The molecule has 9 heteroatoms. The maximum Gasteiger partial charge on any atom is 0.472 e. The van der Waals surface area contributed by atoms with Gasteiger partial charge in [-0.2, -0.15) is 0 Å². The number of nitrogens with one attached hydrogen (secondary N) is 1. The predicted molar refractivity (Wildman–Crippen MR) is 332 cm³/mol. The van der Waals surface area contributed by atoms with Gasteiger partial charge < -0.3 is 19.8 Å². The Morgan fingerprint density at radius 1 is 0.434 bits per heavy atom. The maximum absolute atomic E-state index is 13.0. The number of allylic oxidation sites excluding steroid dienone is 2. The topological polar surface area (TPSA) is 105 Å². The fourth-order valence-electron chi connectivity index (χ4n) is 10.7. The molecule has 3 N–H and O–H groups in total. The number of phosphoric ester groups is 1. The third-order valence-corrected chi connectivity index (χ3v) is 17.0. The van der Waals surface area contributed by atoms with Gasteiger partial charge in [0.05, 0.1) is 39.9 Å². The minimum Gasteiger partial charge on any atom is -0.391 e. The molecule has 3 unspecified atom stereocenters. The Kier molecular flexibility index (Phi) is 58.3. The Bertz CT molecular complexity index is 1240. The minimum absolute atomic E-state index is 0.0779. The Morgan fingerprint density at radius 2 is 0.711 bits per heavy atom. The molecule has 0 aromatic carbocycles. The molecule has 0 spiro atoms. The van der Waals surface area contributed by atoms with Crippen LogP contribution in [-0.2, 0) is 18.4 Å². The summed E-state index contributed by atoms with van der Waals surface area (Å²) in [5.74, 6) is -0.137. The molecule has 1 amide bonds. The molecule has 8 nitrogen and oxygen atoms in total. The van der Waals surface area contributed by atoms with E-state index in [1.165, 1.54) is 295 Å². The summed E-state index contributed by atoms with van der Waals surface area (Å²) >= 11 is 0. The molecule has 0 aromatic heterocycles. The summed E-state index contributed by atoms with van der Waals surface area (Å²) in [6.45, 7) is 4.94. The summed E-state index contributed by atoms with van der Waals surface area (Å²) in [7, 11) is 1.63. The van der Waals surface area contributed by atoms with Gasteiger partial charge in [-0.25, -0.2) is 4.57 Å². The van der Waals surface area contributed by atoms with Gasteiger partial charge in [-0.1, -0.05) is 328 Å². The molecule has 0 fully saturated rings. The van der Waals surface area contributed by atoms with Gasteiger partial charge in [0.2, 0.25) is 5.91 Å². The zero-order valence-electron chi connectivity index (χ0n) is 52.0. The van der Waals surface area contributed by atoms with Crippen LogP contribution in [0.5, 0.6) is 0 Å². The Balaban J connectivity index is 3.85. The van der Waals surface area contributed by atoms with Crippen molar-refractivity contribution in [2.45, 2.75) is 373 Å². The van der Waals surface area contributed by atoms with E-state index in [9.17, 15) is 19.4 Å². The highest BCUT2D eigenvalue weighted by Gasteiger charge is 2.28. The smallest absolute Gasteiger partial charge is 0.391 e. The van der Waals surface area contributed by atoms with E-state index in [2.05, 4.69) is 31.3 Å². The number of unbranched alkanes of at least 4 members (excludes halogenated alkanes) is 49. The van der Waals surface area contributed by atoms with Gasteiger partial charge >= 0.3 is 7.82 Å². The van der Waals surface area contributed by atoms with Gasteiger partial charge in [-0.3, -0.25) is 13.8 Å². The number of quaternary nitrogens is 1. The summed E-state index contributed by atoms with van der Waals surface area (Å²) in [4.78, 5) is 23.4. The first-order valence-corrected chi connectivity index (χ1v) is 35.5. The summed E-state index contributed by atoms with van der Waals surface area (Å²) in [5.41, 5.74) is 0. The van der Waals surface area contributed by atoms with Crippen LogP contribution >= 0.6 is 7.82 Å². The van der Waals surface area contributed by atoms with Crippen LogP contribution in [0.15, 0.2) is 12.2 Å². The highest BCUT2D eigenvalue weighted by atomic mass is 31.2. The molecule has 454 valence electrons. The third kappa shape index (κ3) is 60.9. The van der Waals surface area contributed by atoms with Crippen LogP contribution in [0.3, 0.4) is 0 Å². The number of rotatable bonds is 64. The number of carbonyl (C=O) groups is 1. The van der Waals surface area contributed by atoms with Crippen LogP contribution in [-0.4, -0.2) is 73.4 Å². The summed E-state index contributed by atoms with van der Waals surface area (Å²) in [6.07, 6.45) is 74.7. The zero-order chi connectivity index (χ0) is 55.6. The number of carbonyl (C=O) groups excluding carboxylic acids is 1. The molecule has 0 heterocycles. The molecule has 0 aliphatic heterocycles. The summed E-state index contributed by atoms with van der Waals surface area (Å²) in [6, 6.07) is -0.757. The second kappa shape index (κ2) is 58.9. The van der Waals surface area contributed by atoms with Crippen LogP contribution in [0.2, 0.25) is 0 Å². The summed E-state index contributed by atoms with van der Waals surface area (Å²) in [5, 5.41) is 14.1. The standard InChI is InChI=1S/C67H135N2O6P/c1-6-8-10-12-14-16-18-20-22-23-24-25-26-27-28-29-30-31-32-33-34-35-36-37-38-39-40-41-42-43-44-45-47-49-51-53-55-57-59-61-67(71)68-65(64-75-76(72,73)74-63-62-69(3,4)5)66(70)60-58-56-54-52-50-48-46-21-19-17-15-13-11-9-7-2/h33-34,65-66,70H,6-32,35-64H2,1-5H3,(H-,68,71,72,73)/p+1/b34-33-. The number of amides is 1. The van der Waals surface area contributed by atoms with Crippen LogP contribution in [0.1, 0.15) is 361 Å². The molecule has 0 bridgehead atoms. The van der Waals surface area contributed by atoms with E-state index in [0.717, 1.165) is 38.5 Å². The lowest BCUT2D eigenvalue weighted by atomic mass is 10.0. The van der Waals surface area contributed by atoms with Crippen molar-refractivity contribution in [3.8, 4) is 0 Å². The molecule has 3 atom stereocenters. The van der Waals surface area contributed by atoms with Gasteiger partial charge in [0.1, 0.15) is 13.2 Å². The molecule has 0 aliphatic carbocycles. The number of aliphatic hydroxyl groups is 1. The van der Waals surface area contributed by atoms with Crippen molar-refractivity contribution in [2.24, 2.45) is 0 Å². The average molecular weight is 1100 g/mol. The Labute approximate surface area is 475 Å². The second-order valence-corrected chi connectivity index (χ2v) is 26.4. The Hall–Kier alpha value is -0.760. The first kappa shape index (κ1) is 75.2.